The smallest absolute Gasteiger partial charge is 0.277 e. The molecule has 0 aliphatic carbocycles. The highest BCUT2D eigenvalue weighted by molar-refractivity contribution is 5.38. The maximum Gasteiger partial charge on any atom is 0.277 e. The van der Waals surface area contributed by atoms with Gasteiger partial charge in [0.25, 0.3) is 5.92 Å². The van der Waals surface area contributed by atoms with E-state index in [1.54, 1.807) is 20.1 Å². The predicted molar refractivity (Wildman–Crippen MR) is 62.6 cm³/mol. The minimum atomic E-state index is -2.76. The van der Waals surface area contributed by atoms with Gasteiger partial charge in [-0.05, 0) is 43.7 Å². The van der Waals surface area contributed by atoms with Crippen LogP contribution in [0.1, 0.15) is 17.5 Å². The maximum atomic E-state index is 14.2. The van der Waals surface area contributed by atoms with E-state index in [2.05, 4.69) is 5.32 Å². The zero-order valence-corrected chi connectivity index (χ0v) is 10.1. The Bertz CT molecular complexity index is 400. The molecule has 0 radical (unpaired) electrons. The summed E-state index contributed by atoms with van der Waals surface area (Å²) in [5, 5.41) is 2.98. The molecule has 1 aromatic carbocycles. The van der Waals surface area contributed by atoms with Crippen LogP contribution in [0.4, 0.5) is 8.78 Å². The van der Waals surface area contributed by atoms with E-state index in [0.717, 1.165) is 5.56 Å². The van der Waals surface area contributed by atoms with Crippen molar-refractivity contribution < 1.29 is 13.5 Å². The van der Waals surface area contributed by atoms with Crippen LogP contribution in [0, 0.1) is 12.8 Å². The van der Waals surface area contributed by atoms with Crippen LogP contribution in [0.2, 0.25) is 0 Å². The van der Waals surface area contributed by atoms with Crippen LogP contribution < -0.4 is 10.1 Å². The molecule has 1 saturated heterocycles. The Labute approximate surface area is 100.0 Å². The van der Waals surface area contributed by atoms with E-state index < -0.39 is 11.8 Å². The van der Waals surface area contributed by atoms with Crippen molar-refractivity contribution in [1.82, 2.24) is 5.32 Å². The number of rotatable bonds is 3. The number of hydrogen-bond acceptors (Lipinski definition) is 2. The lowest BCUT2D eigenvalue weighted by Gasteiger charge is -2.23. The summed E-state index contributed by atoms with van der Waals surface area (Å²) < 4.78 is 33.5. The molecule has 1 aliphatic heterocycles. The third-order valence-electron chi connectivity index (χ3n) is 3.35. The Morgan fingerprint density at radius 3 is 2.71 bits per heavy atom. The van der Waals surface area contributed by atoms with Gasteiger partial charge in [-0.15, -0.1) is 0 Å². The normalized spacial score (nSPS) is 20.6. The highest BCUT2D eigenvalue weighted by Gasteiger charge is 2.42. The van der Waals surface area contributed by atoms with Crippen LogP contribution in [0.3, 0.4) is 0 Å². The zero-order valence-electron chi connectivity index (χ0n) is 10.1. The SMILES string of the molecule is COc1ccc(C(F)(F)C2CCNC2)cc1C. The van der Waals surface area contributed by atoms with E-state index in [1.165, 1.54) is 12.1 Å². The monoisotopic (exact) mass is 241 g/mol. The van der Waals surface area contributed by atoms with Crippen molar-refractivity contribution in [2.45, 2.75) is 19.3 Å². The summed E-state index contributed by atoms with van der Waals surface area (Å²) in [7, 11) is 1.54. The van der Waals surface area contributed by atoms with Crippen LogP contribution >= 0.6 is 0 Å². The minimum Gasteiger partial charge on any atom is -0.496 e. The first-order valence-electron chi connectivity index (χ1n) is 5.79. The third kappa shape index (κ3) is 2.27. The van der Waals surface area contributed by atoms with Gasteiger partial charge in [-0.25, -0.2) is 8.78 Å². The Hall–Kier alpha value is -1.16. The summed E-state index contributed by atoms with van der Waals surface area (Å²) in [5.74, 6) is -2.72. The van der Waals surface area contributed by atoms with Gasteiger partial charge in [-0.2, -0.15) is 0 Å². The fourth-order valence-corrected chi connectivity index (χ4v) is 2.29. The second-order valence-corrected chi connectivity index (χ2v) is 4.50. The van der Waals surface area contributed by atoms with Crippen LogP contribution in [-0.2, 0) is 5.92 Å². The number of nitrogens with one attached hydrogen (secondary N) is 1. The molecule has 2 nitrogen and oxygen atoms in total. The fourth-order valence-electron chi connectivity index (χ4n) is 2.29. The first kappa shape index (κ1) is 12.3. The molecule has 1 fully saturated rings. The number of alkyl halides is 2. The van der Waals surface area contributed by atoms with E-state index in [1.807, 2.05) is 0 Å². The van der Waals surface area contributed by atoms with Gasteiger partial charge in [-0.3, -0.25) is 0 Å². The first-order chi connectivity index (χ1) is 8.05. The minimum absolute atomic E-state index is 0.0875. The molecule has 1 heterocycles. The van der Waals surface area contributed by atoms with E-state index in [-0.39, 0.29) is 5.56 Å². The van der Waals surface area contributed by atoms with Gasteiger partial charge in [0.15, 0.2) is 0 Å². The lowest BCUT2D eigenvalue weighted by Crippen LogP contribution is -2.27. The highest BCUT2D eigenvalue weighted by atomic mass is 19.3. The van der Waals surface area contributed by atoms with Crippen molar-refractivity contribution >= 4 is 0 Å². The van der Waals surface area contributed by atoms with E-state index in [4.69, 9.17) is 4.74 Å². The Kier molecular flexibility index (Phi) is 3.33. The number of hydrogen-bond donors (Lipinski definition) is 1. The summed E-state index contributed by atoms with van der Waals surface area (Å²) in [4.78, 5) is 0. The van der Waals surface area contributed by atoms with Crippen molar-refractivity contribution in [1.29, 1.82) is 0 Å². The summed E-state index contributed by atoms with van der Waals surface area (Å²) in [6.07, 6.45) is 0.526. The average molecular weight is 241 g/mol. The van der Waals surface area contributed by atoms with Crippen molar-refractivity contribution in [3.05, 3.63) is 29.3 Å². The fraction of sp³-hybridized carbons (Fsp3) is 0.538. The lowest BCUT2D eigenvalue weighted by molar-refractivity contribution is -0.0576. The van der Waals surface area contributed by atoms with Crippen molar-refractivity contribution in [3.63, 3.8) is 0 Å². The quantitative estimate of drug-likeness (QED) is 0.878. The van der Waals surface area contributed by atoms with Gasteiger partial charge >= 0.3 is 0 Å². The maximum absolute atomic E-state index is 14.2. The third-order valence-corrected chi connectivity index (χ3v) is 3.35. The molecule has 1 N–H and O–H groups in total. The van der Waals surface area contributed by atoms with Crippen LogP contribution in [0.15, 0.2) is 18.2 Å². The molecule has 0 saturated carbocycles. The molecule has 1 unspecified atom stereocenters. The molecule has 17 heavy (non-hydrogen) atoms. The standard InChI is InChI=1S/C13H17F2NO/c1-9-7-10(3-4-12(9)17-2)13(14,15)11-5-6-16-8-11/h3-4,7,11,16H,5-6,8H2,1-2H3. The van der Waals surface area contributed by atoms with Crippen LogP contribution in [0.25, 0.3) is 0 Å². The van der Waals surface area contributed by atoms with Crippen molar-refractivity contribution in [2.75, 3.05) is 20.2 Å². The van der Waals surface area contributed by atoms with Crippen LogP contribution in [0.5, 0.6) is 5.75 Å². The van der Waals surface area contributed by atoms with E-state index >= 15 is 0 Å². The molecular formula is C13H17F2NO. The average Bonchev–Trinajstić information content (AvgIpc) is 2.83. The molecule has 0 aromatic heterocycles. The first-order valence-corrected chi connectivity index (χ1v) is 5.79. The molecule has 1 aliphatic rings. The number of benzene rings is 1. The Balaban J connectivity index is 2.29. The number of ether oxygens (including phenoxy) is 1. The molecule has 1 atom stereocenters. The topological polar surface area (TPSA) is 21.3 Å². The summed E-state index contributed by atoms with van der Waals surface area (Å²) in [6.45, 7) is 2.85. The molecule has 94 valence electrons. The number of methoxy groups -OCH3 is 1. The molecule has 4 heteroatoms. The van der Waals surface area contributed by atoms with Gasteiger partial charge in [-0.1, -0.05) is 0 Å². The number of halogens is 2. The van der Waals surface area contributed by atoms with Gasteiger partial charge in [0.2, 0.25) is 0 Å². The second kappa shape index (κ2) is 4.61. The van der Waals surface area contributed by atoms with Crippen molar-refractivity contribution in [2.24, 2.45) is 5.92 Å². The molecule has 0 bridgehead atoms. The van der Waals surface area contributed by atoms with E-state index in [9.17, 15) is 8.78 Å². The van der Waals surface area contributed by atoms with Gasteiger partial charge in [0.05, 0.1) is 7.11 Å². The Morgan fingerprint density at radius 2 is 2.18 bits per heavy atom. The summed E-state index contributed by atoms with van der Waals surface area (Å²) >= 11 is 0. The summed E-state index contributed by atoms with van der Waals surface area (Å²) in [5.41, 5.74) is 0.833. The highest BCUT2D eigenvalue weighted by Crippen LogP contribution is 2.40. The van der Waals surface area contributed by atoms with E-state index in [0.29, 0.717) is 25.3 Å². The zero-order chi connectivity index (χ0) is 12.5. The molecule has 1 aromatic rings. The predicted octanol–water partition coefficient (Wildman–Crippen LogP) is 2.70. The van der Waals surface area contributed by atoms with Crippen LogP contribution in [-0.4, -0.2) is 20.2 Å². The second-order valence-electron chi connectivity index (χ2n) is 4.50. The van der Waals surface area contributed by atoms with Gasteiger partial charge in [0.1, 0.15) is 5.75 Å². The lowest BCUT2D eigenvalue weighted by atomic mass is 9.93. The van der Waals surface area contributed by atoms with Gasteiger partial charge < -0.3 is 10.1 Å². The Morgan fingerprint density at radius 1 is 1.41 bits per heavy atom. The molecule has 2 rings (SSSR count). The molecule has 0 amide bonds. The molecule has 0 spiro atoms. The number of aryl methyl sites for hydroxylation is 1. The summed E-state index contributed by atoms with van der Waals surface area (Å²) in [6, 6.07) is 4.60. The largest absolute Gasteiger partial charge is 0.496 e. The van der Waals surface area contributed by atoms with Crippen molar-refractivity contribution in [3.8, 4) is 5.75 Å². The van der Waals surface area contributed by atoms with Gasteiger partial charge in [0, 0.05) is 18.0 Å². The molecular weight excluding hydrogens is 224 g/mol.